The predicted octanol–water partition coefficient (Wildman–Crippen LogP) is 8.09. The van der Waals surface area contributed by atoms with E-state index in [1.54, 1.807) is 36.4 Å². The summed E-state index contributed by atoms with van der Waals surface area (Å²) in [5.74, 6) is -0.511. The minimum atomic E-state index is -0.255. The Bertz CT molecular complexity index is 1090. The Kier molecular flexibility index (Phi) is 7.52. The van der Waals surface area contributed by atoms with Crippen LogP contribution in [-0.2, 0) is 0 Å². The van der Waals surface area contributed by atoms with Crippen molar-refractivity contribution in [2.45, 2.75) is 0 Å². The summed E-state index contributed by atoms with van der Waals surface area (Å²) in [7, 11) is 0. The van der Waals surface area contributed by atoms with E-state index in [4.69, 9.17) is 46.4 Å². The number of allylic oxidation sites excluding steroid dienone is 2. The second-order valence-corrected chi connectivity index (χ2v) is 8.00. The van der Waals surface area contributed by atoms with Gasteiger partial charge < -0.3 is 0 Å². The van der Waals surface area contributed by atoms with E-state index >= 15 is 0 Å². The van der Waals surface area contributed by atoms with Gasteiger partial charge in [-0.1, -0.05) is 76.8 Å². The second kappa shape index (κ2) is 10.1. The largest absolute Gasteiger partial charge is 0.289 e. The van der Waals surface area contributed by atoms with Crippen molar-refractivity contribution in [3.05, 3.63) is 115 Å². The molecule has 30 heavy (non-hydrogen) atoms. The summed E-state index contributed by atoms with van der Waals surface area (Å²) in [4.78, 5) is 24.8. The Hall–Kier alpha value is -2.36. The fraction of sp³-hybridized carbons (Fsp3) is 0. The van der Waals surface area contributed by atoms with E-state index in [-0.39, 0.29) is 11.6 Å². The van der Waals surface area contributed by atoms with Crippen molar-refractivity contribution in [2.75, 3.05) is 0 Å². The van der Waals surface area contributed by atoms with Gasteiger partial charge in [-0.2, -0.15) is 0 Å². The van der Waals surface area contributed by atoms with Gasteiger partial charge in [0.1, 0.15) is 0 Å². The minimum Gasteiger partial charge on any atom is -0.289 e. The number of halogens is 4. The van der Waals surface area contributed by atoms with Gasteiger partial charge in [0.05, 0.1) is 10.0 Å². The summed E-state index contributed by atoms with van der Waals surface area (Å²) >= 11 is 24.0. The van der Waals surface area contributed by atoms with Crippen molar-refractivity contribution in [3.63, 3.8) is 0 Å². The molecule has 0 unspecified atom stereocenters. The van der Waals surface area contributed by atoms with Crippen LogP contribution in [0.15, 0.2) is 72.8 Å². The highest BCUT2D eigenvalue weighted by Gasteiger charge is 2.09. The standard InChI is InChI=1S/C24H14Cl4O2/c25-17-6-8-21(27)19(13-17)23(29)10-4-15-2-1-3-16(12-15)5-11-24(30)20-14-18(26)7-9-22(20)28/h1-14H. The van der Waals surface area contributed by atoms with Crippen LogP contribution in [0.25, 0.3) is 12.2 Å². The summed E-state index contributed by atoms with van der Waals surface area (Å²) in [5, 5.41) is 1.55. The van der Waals surface area contributed by atoms with Crippen molar-refractivity contribution in [1.82, 2.24) is 0 Å². The van der Waals surface area contributed by atoms with E-state index in [9.17, 15) is 9.59 Å². The third-order valence-electron chi connectivity index (χ3n) is 4.15. The lowest BCUT2D eigenvalue weighted by Crippen LogP contribution is -1.95. The molecule has 0 saturated heterocycles. The van der Waals surface area contributed by atoms with E-state index < -0.39 is 0 Å². The van der Waals surface area contributed by atoms with Crippen LogP contribution in [0.5, 0.6) is 0 Å². The fourth-order valence-electron chi connectivity index (χ4n) is 2.66. The van der Waals surface area contributed by atoms with Crippen LogP contribution in [0.1, 0.15) is 31.8 Å². The van der Waals surface area contributed by atoms with E-state index in [1.165, 1.54) is 24.3 Å². The monoisotopic (exact) mass is 474 g/mol. The van der Waals surface area contributed by atoms with Gasteiger partial charge in [0, 0.05) is 21.2 Å². The number of hydrogen-bond acceptors (Lipinski definition) is 2. The van der Waals surface area contributed by atoms with Crippen LogP contribution in [0.2, 0.25) is 20.1 Å². The second-order valence-electron chi connectivity index (χ2n) is 6.31. The van der Waals surface area contributed by atoms with Crippen LogP contribution in [0.3, 0.4) is 0 Å². The van der Waals surface area contributed by atoms with E-state index in [1.807, 2.05) is 24.3 Å². The highest BCUT2D eigenvalue weighted by molar-refractivity contribution is 6.37. The maximum absolute atomic E-state index is 12.4. The SMILES string of the molecule is O=C(C=Cc1cccc(C=CC(=O)c2cc(Cl)ccc2Cl)c1)c1cc(Cl)ccc1Cl. The van der Waals surface area contributed by atoms with Gasteiger partial charge >= 0.3 is 0 Å². The number of ketones is 2. The highest BCUT2D eigenvalue weighted by Crippen LogP contribution is 2.23. The lowest BCUT2D eigenvalue weighted by atomic mass is 10.1. The van der Waals surface area contributed by atoms with Gasteiger partial charge in [-0.3, -0.25) is 9.59 Å². The van der Waals surface area contributed by atoms with Crippen LogP contribution in [-0.4, -0.2) is 11.6 Å². The molecule has 0 fully saturated rings. The highest BCUT2D eigenvalue weighted by atomic mass is 35.5. The van der Waals surface area contributed by atoms with E-state index in [0.717, 1.165) is 11.1 Å². The van der Waals surface area contributed by atoms with E-state index in [0.29, 0.717) is 31.2 Å². The first-order chi connectivity index (χ1) is 14.3. The number of hydrogen-bond donors (Lipinski definition) is 0. The van der Waals surface area contributed by atoms with Gasteiger partial charge in [-0.05, 0) is 65.7 Å². The number of carbonyl (C=O) groups excluding carboxylic acids is 2. The summed E-state index contributed by atoms with van der Waals surface area (Å²) in [6.45, 7) is 0. The maximum Gasteiger partial charge on any atom is 0.187 e. The molecule has 0 atom stereocenters. The van der Waals surface area contributed by atoms with Gasteiger partial charge in [0.2, 0.25) is 0 Å². The first-order valence-electron chi connectivity index (χ1n) is 8.78. The van der Waals surface area contributed by atoms with Crippen LogP contribution in [0.4, 0.5) is 0 Å². The molecule has 0 spiro atoms. The topological polar surface area (TPSA) is 34.1 Å². The maximum atomic E-state index is 12.4. The van der Waals surface area contributed by atoms with Gasteiger partial charge in [0.15, 0.2) is 11.6 Å². The zero-order valence-electron chi connectivity index (χ0n) is 15.4. The lowest BCUT2D eigenvalue weighted by molar-refractivity contribution is 0.104. The Labute approximate surface area is 194 Å². The third kappa shape index (κ3) is 5.84. The van der Waals surface area contributed by atoms with Crippen molar-refractivity contribution in [1.29, 1.82) is 0 Å². The third-order valence-corrected chi connectivity index (χ3v) is 5.28. The quantitative estimate of drug-likeness (QED) is 0.266. The molecule has 0 aliphatic heterocycles. The number of carbonyl (C=O) groups is 2. The average Bonchev–Trinajstić information content (AvgIpc) is 2.74. The van der Waals surface area contributed by atoms with Crippen molar-refractivity contribution < 1.29 is 9.59 Å². The first-order valence-corrected chi connectivity index (χ1v) is 10.3. The minimum absolute atomic E-state index is 0.255. The zero-order valence-corrected chi connectivity index (χ0v) is 18.4. The van der Waals surface area contributed by atoms with Crippen molar-refractivity contribution in [3.8, 4) is 0 Å². The predicted molar refractivity (Wildman–Crippen MR) is 126 cm³/mol. The summed E-state index contributed by atoms with van der Waals surface area (Å²) in [6, 6.07) is 16.8. The molecule has 0 heterocycles. The molecule has 0 aromatic heterocycles. The average molecular weight is 476 g/mol. The summed E-state index contributed by atoms with van der Waals surface area (Å²) < 4.78 is 0. The van der Waals surface area contributed by atoms with Crippen molar-refractivity contribution in [2.24, 2.45) is 0 Å². The van der Waals surface area contributed by atoms with Gasteiger partial charge in [-0.15, -0.1) is 0 Å². The zero-order chi connectivity index (χ0) is 21.7. The number of rotatable bonds is 6. The molecule has 0 aliphatic carbocycles. The Morgan fingerprint density at radius 1 is 0.600 bits per heavy atom. The van der Waals surface area contributed by atoms with Crippen LogP contribution >= 0.6 is 46.4 Å². The molecule has 0 amide bonds. The molecule has 3 aromatic rings. The molecular weight excluding hydrogens is 462 g/mol. The molecule has 0 aliphatic rings. The molecule has 6 heteroatoms. The molecular formula is C24H14Cl4O2. The van der Waals surface area contributed by atoms with E-state index in [2.05, 4.69) is 0 Å². The molecule has 0 N–H and O–H groups in total. The Balaban J connectivity index is 1.76. The first kappa shape index (κ1) is 22.3. The Morgan fingerprint density at radius 2 is 1.03 bits per heavy atom. The Morgan fingerprint density at radius 3 is 1.47 bits per heavy atom. The van der Waals surface area contributed by atoms with Gasteiger partial charge in [-0.25, -0.2) is 0 Å². The van der Waals surface area contributed by atoms with Gasteiger partial charge in [0.25, 0.3) is 0 Å². The molecule has 0 bridgehead atoms. The summed E-state index contributed by atoms with van der Waals surface area (Å²) in [5.41, 5.74) is 2.25. The molecule has 3 rings (SSSR count). The molecule has 2 nitrogen and oxygen atoms in total. The van der Waals surface area contributed by atoms with Crippen molar-refractivity contribution >= 4 is 70.1 Å². The van der Waals surface area contributed by atoms with Crippen LogP contribution < -0.4 is 0 Å². The molecule has 3 aromatic carbocycles. The summed E-state index contributed by atoms with van der Waals surface area (Å²) in [6.07, 6.45) is 6.20. The smallest absolute Gasteiger partial charge is 0.187 e. The van der Waals surface area contributed by atoms with Crippen LogP contribution in [0, 0.1) is 0 Å². The normalized spacial score (nSPS) is 11.3. The molecule has 150 valence electrons. The fourth-order valence-corrected chi connectivity index (χ4v) is 3.43. The molecule has 0 saturated carbocycles. The molecule has 0 radical (unpaired) electrons. The number of benzene rings is 3. The lowest BCUT2D eigenvalue weighted by Gasteiger charge is -2.02.